The number of nitrogens with zero attached hydrogens (tertiary/aromatic N) is 3. The number of hydrogen-bond acceptors (Lipinski definition) is 5. The van der Waals surface area contributed by atoms with E-state index >= 15 is 0 Å². The monoisotopic (exact) mass is 413 g/mol. The Labute approximate surface area is 180 Å². The van der Waals surface area contributed by atoms with Gasteiger partial charge in [-0.05, 0) is 30.5 Å². The highest BCUT2D eigenvalue weighted by atomic mass is 16.5. The first-order chi connectivity index (χ1) is 15.1. The fraction of sp³-hybridized carbons (Fsp3) is 0.240. The van der Waals surface area contributed by atoms with Crippen LogP contribution in [-0.4, -0.2) is 34.6 Å². The summed E-state index contributed by atoms with van der Waals surface area (Å²) in [7, 11) is 3.27. The zero-order chi connectivity index (χ0) is 21.5. The lowest BCUT2D eigenvalue weighted by Gasteiger charge is -2.25. The number of carbonyl (C=O) groups excluding carboxylic acids is 1. The number of hydrogen-bond donors (Lipinski definition) is 0. The SMILES string of the molecule is COc1ccc([C@@H]2CC(=O)c3cnc4c(-c5ccccc5)c(C)nn4c3C2)c(OC)c1. The highest BCUT2D eigenvalue weighted by Crippen LogP contribution is 2.39. The van der Waals surface area contributed by atoms with Crippen LogP contribution in [-0.2, 0) is 6.42 Å². The molecule has 0 fully saturated rings. The summed E-state index contributed by atoms with van der Waals surface area (Å²) in [6, 6.07) is 15.9. The van der Waals surface area contributed by atoms with E-state index in [9.17, 15) is 4.79 Å². The Balaban J connectivity index is 1.64. The predicted molar refractivity (Wildman–Crippen MR) is 118 cm³/mol. The number of ketones is 1. The molecule has 0 saturated heterocycles. The molecule has 0 N–H and O–H groups in total. The smallest absolute Gasteiger partial charge is 0.166 e. The van der Waals surface area contributed by atoms with Gasteiger partial charge in [0.05, 0.1) is 31.2 Å². The first kappa shape index (κ1) is 19.3. The van der Waals surface area contributed by atoms with Gasteiger partial charge < -0.3 is 9.47 Å². The number of aromatic nitrogens is 3. The third kappa shape index (κ3) is 3.15. The Morgan fingerprint density at radius 1 is 1.03 bits per heavy atom. The lowest BCUT2D eigenvalue weighted by Crippen LogP contribution is -2.23. The van der Waals surface area contributed by atoms with E-state index in [1.807, 2.05) is 47.8 Å². The summed E-state index contributed by atoms with van der Waals surface area (Å²) in [6.45, 7) is 1.98. The van der Waals surface area contributed by atoms with Gasteiger partial charge >= 0.3 is 0 Å². The van der Waals surface area contributed by atoms with E-state index in [2.05, 4.69) is 17.1 Å². The molecule has 5 rings (SSSR count). The van der Waals surface area contributed by atoms with Crippen LogP contribution < -0.4 is 9.47 Å². The van der Waals surface area contributed by atoms with E-state index in [-0.39, 0.29) is 11.7 Å². The van der Waals surface area contributed by atoms with Crippen molar-refractivity contribution in [2.75, 3.05) is 14.2 Å². The van der Waals surface area contributed by atoms with Crippen LogP contribution in [0.25, 0.3) is 16.8 Å². The maximum atomic E-state index is 13.1. The number of aryl methyl sites for hydroxylation is 1. The van der Waals surface area contributed by atoms with E-state index in [0.29, 0.717) is 18.4 Å². The molecule has 2 heterocycles. The number of ether oxygens (including phenoxy) is 2. The molecule has 0 radical (unpaired) electrons. The average molecular weight is 413 g/mol. The molecule has 6 nitrogen and oxygen atoms in total. The summed E-state index contributed by atoms with van der Waals surface area (Å²) < 4.78 is 12.8. The second-order valence-electron chi connectivity index (χ2n) is 7.82. The maximum Gasteiger partial charge on any atom is 0.166 e. The largest absolute Gasteiger partial charge is 0.497 e. The van der Waals surface area contributed by atoms with Gasteiger partial charge in [0.1, 0.15) is 11.5 Å². The van der Waals surface area contributed by atoms with Crippen molar-refractivity contribution in [2.45, 2.75) is 25.7 Å². The molecular formula is C25H23N3O3. The van der Waals surface area contributed by atoms with Crippen molar-refractivity contribution in [2.24, 2.45) is 0 Å². The molecule has 0 saturated carbocycles. The van der Waals surface area contributed by atoms with Crippen LogP contribution in [0.1, 0.15) is 39.6 Å². The number of methoxy groups -OCH3 is 2. The Bertz CT molecular complexity index is 1290. The minimum atomic E-state index is -0.00358. The predicted octanol–water partition coefficient (Wildman–Crippen LogP) is 4.63. The molecule has 1 aliphatic rings. The van der Waals surface area contributed by atoms with Crippen LogP contribution in [0.4, 0.5) is 0 Å². The number of carbonyl (C=O) groups is 1. The van der Waals surface area contributed by atoms with Gasteiger partial charge in [0.2, 0.25) is 0 Å². The quantitative estimate of drug-likeness (QED) is 0.488. The van der Waals surface area contributed by atoms with Crippen molar-refractivity contribution >= 4 is 11.4 Å². The molecule has 0 amide bonds. The van der Waals surface area contributed by atoms with Crippen molar-refractivity contribution in [3.05, 3.63) is 77.2 Å². The van der Waals surface area contributed by atoms with Crippen molar-refractivity contribution in [3.63, 3.8) is 0 Å². The number of fused-ring (bicyclic) bond motifs is 3. The zero-order valence-corrected chi connectivity index (χ0v) is 17.8. The topological polar surface area (TPSA) is 65.7 Å². The Morgan fingerprint density at radius 3 is 2.58 bits per heavy atom. The molecule has 0 bridgehead atoms. The zero-order valence-electron chi connectivity index (χ0n) is 17.8. The van der Waals surface area contributed by atoms with Crippen LogP contribution >= 0.6 is 0 Å². The second kappa shape index (κ2) is 7.54. The van der Waals surface area contributed by atoms with E-state index in [1.54, 1.807) is 20.4 Å². The summed E-state index contributed by atoms with van der Waals surface area (Å²) in [5.74, 6) is 1.53. The third-order valence-electron chi connectivity index (χ3n) is 6.03. The first-order valence-corrected chi connectivity index (χ1v) is 10.3. The second-order valence-corrected chi connectivity index (χ2v) is 7.82. The van der Waals surface area contributed by atoms with Gasteiger partial charge in [-0.3, -0.25) is 4.79 Å². The van der Waals surface area contributed by atoms with Gasteiger partial charge in [0, 0.05) is 30.2 Å². The fourth-order valence-electron chi connectivity index (χ4n) is 4.52. The molecule has 1 aliphatic carbocycles. The van der Waals surface area contributed by atoms with Gasteiger partial charge in [-0.2, -0.15) is 5.10 Å². The van der Waals surface area contributed by atoms with Crippen molar-refractivity contribution < 1.29 is 14.3 Å². The van der Waals surface area contributed by atoms with Crippen molar-refractivity contribution in [1.82, 2.24) is 14.6 Å². The summed E-state index contributed by atoms with van der Waals surface area (Å²) >= 11 is 0. The fourth-order valence-corrected chi connectivity index (χ4v) is 4.52. The summed E-state index contributed by atoms with van der Waals surface area (Å²) in [6.07, 6.45) is 2.80. The summed E-state index contributed by atoms with van der Waals surface area (Å²) in [4.78, 5) is 17.7. The lowest BCUT2D eigenvalue weighted by atomic mass is 9.81. The van der Waals surface area contributed by atoms with E-state index < -0.39 is 0 Å². The molecule has 2 aromatic heterocycles. The van der Waals surface area contributed by atoms with E-state index in [4.69, 9.17) is 14.6 Å². The molecule has 156 valence electrons. The molecule has 6 heteroatoms. The number of Topliss-reactive ketones (excluding diaryl/α,β-unsaturated/α-hetero) is 1. The first-order valence-electron chi connectivity index (χ1n) is 10.3. The maximum absolute atomic E-state index is 13.1. The summed E-state index contributed by atoms with van der Waals surface area (Å²) in [5.41, 5.74) is 6.28. The highest BCUT2D eigenvalue weighted by Gasteiger charge is 2.31. The molecule has 2 aromatic carbocycles. The number of rotatable bonds is 4. The summed E-state index contributed by atoms with van der Waals surface area (Å²) in [5, 5.41) is 4.79. The Kier molecular flexibility index (Phi) is 4.70. The van der Waals surface area contributed by atoms with Crippen molar-refractivity contribution in [3.8, 4) is 22.6 Å². The minimum absolute atomic E-state index is 0.00358. The molecule has 4 aromatic rings. The lowest BCUT2D eigenvalue weighted by molar-refractivity contribution is 0.0961. The van der Waals surface area contributed by atoms with Gasteiger partial charge in [-0.15, -0.1) is 0 Å². The number of benzene rings is 2. The van der Waals surface area contributed by atoms with Crippen LogP contribution in [0.3, 0.4) is 0 Å². The standard InChI is InChI=1S/C25H23N3O3/c1-15-24(16-7-5-4-6-8-16)25-26-14-20-21(28(25)27-15)11-17(12-22(20)29)19-10-9-18(30-2)13-23(19)31-3/h4-10,13-14,17H,11-12H2,1-3H3/t17-/m0/s1. The molecule has 31 heavy (non-hydrogen) atoms. The average Bonchev–Trinajstić information content (AvgIpc) is 3.15. The van der Waals surface area contributed by atoms with E-state index in [0.717, 1.165) is 45.2 Å². The van der Waals surface area contributed by atoms with Crippen LogP contribution in [0.15, 0.2) is 54.7 Å². The molecule has 0 aliphatic heterocycles. The van der Waals surface area contributed by atoms with E-state index in [1.165, 1.54) is 0 Å². The van der Waals surface area contributed by atoms with Gasteiger partial charge in [-0.1, -0.05) is 36.4 Å². The normalized spacial score (nSPS) is 15.7. The molecule has 1 atom stereocenters. The van der Waals surface area contributed by atoms with Crippen molar-refractivity contribution in [1.29, 1.82) is 0 Å². The van der Waals surface area contributed by atoms with Crippen LogP contribution in [0.5, 0.6) is 11.5 Å². The Morgan fingerprint density at radius 2 is 1.84 bits per heavy atom. The molecular weight excluding hydrogens is 390 g/mol. The molecule has 0 unspecified atom stereocenters. The van der Waals surface area contributed by atoms with Crippen LogP contribution in [0.2, 0.25) is 0 Å². The van der Waals surface area contributed by atoms with Crippen LogP contribution in [0, 0.1) is 6.92 Å². The minimum Gasteiger partial charge on any atom is -0.497 e. The third-order valence-corrected chi connectivity index (χ3v) is 6.03. The van der Waals surface area contributed by atoms with Gasteiger partial charge in [0.25, 0.3) is 0 Å². The van der Waals surface area contributed by atoms with Gasteiger partial charge in [0.15, 0.2) is 11.4 Å². The van der Waals surface area contributed by atoms with Gasteiger partial charge in [-0.25, -0.2) is 9.50 Å². The Hall–Kier alpha value is -3.67. The highest BCUT2D eigenvalue weighted by molar-refractivity contribution is 5.99. The molecule has 0 spiro atoms.